The lowest BCUT2D eigenvalue weighted by molar-refractivity contribution is -0.142. The predicted octanol–water partition coefficient (Wildman–Crippen LogP) is 3.98. The number of ether oxygens (including phenoxy) is 3. The average molecular weight is 509 g/mol. The fourth-order valence-electron chi connectivity index (χ4n) is 4.37. The standard InChI is InChI=1S/C28H32N2O5S/c1-33-15-14-29(27(31)17-21-7-4-3-5-8-21)19-28(32)30-13-11-26-24(12-16-36-26)25(30)20-35-23-10-6-9-22(18-23)34-2/h3-10,12,16,18,25H,11,13-15,17,19-20H2,1-2H3/t25-/m1/s1. The fourth-order valence-corrected chi connectivity index (χ4v) is 5.30. The number of carbonyl (C=O) groups is 2. The molecule has 0 unspecified atom stereocenters. The molecule has 1 atom stereocenters. The normalized spacial score (nSPS) is 14.7. The van der Waals surface area contributed by atoms with Gasteiger partial charge >= 0.3 is 0 Å². The van der Waals surface area contributed by atoms with Crippen LogP contribution in [0.1, 0.15) is 22.0 Å². The van der Waals surface area contributed by atoms with Gasteiger partial charge in [-0.05, 0) is 41.1 Å². The van der Waals surface area contributed by atoms with E-state index >= 15 is 0 Å². The first-order chi connectivity index (χ1) is 17.6. The zero-order valence-corrected chi connectivity index (χ0v) is 21.5. The summed E-state index contributed by atoms with van der Waals surface area (Å²) in [5.74, 6) is 1.21. The van der Waals surface area contributed by atoms with Crippen LogP contribution in [0.3, 0.4) is 0 Å². The van der Waals surface area contributed by atoms with E-state index in [9.17, 15) is 9.59 Å². The van der Waals surface area contributed by atoms with E-state index in [1.807, 2.05) is 59.5 Å². The maximum Gasteiger partial charge on any atom is 0.242 e. The average Bonchev–Trinajstić information content (AvgIpc) is 3.39. The SMILES string of the molecule is COCCN(CC(=O)N1CCc2sccc2[C@H]1COc1cccc(OC)c1)C(=O)Cc1ccccc1. The molecule has 0 aliphatic carbocycles. The lowest BCUT2D eigenvalue weighted by Crippen LogP contribution is -2.48. The molecule has 1 aliphatic rings. The van der Waals surface area contributed by atoms with Crippen molar-refractivity contribution in [3.8, 4) is 11.5 Å². The van der Waals surface area contributed by atoms with Crippen molar-refractivity contribution in [3.05, 3.63) is 82.0 Å². The van der Waals surface area contributed by atoms with E-state index in [1.165, 1.54) is 4.88 Å². The molecule has 190 valence electrons. The Balaban J connectivity index is 1.48. The topological polar surface area (TPSA) is 68.3 Å². The first-order valence-corrected chi connectivity index (χ1v) is 12.9. The highest BCUT2D eigenvalue weighted by molar-refractivity contribution is 7.10. The molecule has 2 amide bonds. The highest BCUT2D eigenvalue weighted by atomic mass is 32.1. The molecule has 3 aromatic rings. The van der Waals surface area contributed by atoms with Gasteiger partial charge in [-0.15, -0.1) is 11.3 Å². The van der Waals surface area contributed by atoms with Crippen LogP contribution in [0.2, 0.25) is 0 Å². The van der Waals surface area contributed by atoms with Crippen molar-refractivity contribution in [2.24, 2.45) is 0 Å². The molecule has 7 nitrogen and oxygen atoms in total. The maximum atomic E-state index is 13.6. The largest absolute Gasteiger partial charge is 0.497 e. The second-order valence-electron chi connectivity index (χ2n) is 8.61. The Morgan fingerprint density at radius 2 is 1.86 bits per heavy atom. The summed E-state index contributed by atoms with van der Waals surface area (Å²) in [6.45, 7) is 1.63. The fraction of sp³-hybridized carbons (Fsp3) is 0.357. The Hall–Kier alpha value is -3.36. The van der Waals surface area contributed by atoms with E-state index in [4.69, 9.17) is 14.2 Å². The molecule has 0 fully saturated rings. The number of rotatable bonds is 11. The van der Waals surface area contributed by atoms with E-state index in [-0.39, 0.29) is 30.8 Å². The highest BCUT2D eigenvalue weighted by Crippen LogP contribution is 2.34. The van der Waals surface area contributed by atoms with Gasteiger partial charge in [0.15, 0.2) is 0 Å². The summed E-state index contributed by atoms with van der Waals surface area (Å²) in [4.78, 5) is 31.4. The molecule has 0 saturated heterocycles. The zero-order chi connectivity index (χ0) is 25.3. The molecule has 36 heavy (non-hydrogen) atoms. The molecule has 0 bridgehead atoms. The summed E-state index contributed by atoms with van der Waals surface area (Å²) in [5, 5.41) is 2.06. The highest BCUT2D eigenvalue weighted by Gasteiger charge is 2.33. The summed E-state index contributed by atoms with van der Waals surface area (Å²) in [6.07, 6.45) is 1.04. The molecular weight excluding hydrogens is 476 g/mol. The van der Waals surface area contributed by atoms with Crippen molar-refractivity contribution < 1.29 is 23.8 Å². The predicted molar refractivity (Wildman–Crippen MR) is 140 cm³/mol. The lowest BCUT2D eigenvalue weighted by atomic mass is 10.0. The van der Waals surface area contributed by atoms with Crippen molar-refractivity contribution in [3.63, 3.8) is 0 Å². The summed E-state index contributed by atoms with van der Waals surface area (Å²) in [6, 6.07) is 18.9. The van der Waals surface area contributed by atoms with Gasteiger partial charge in [-0.3, -0.25) is 9.59 Å². The zero-order valence-electron chi connectivity index (χ0n) is 20.7. The molecule has 1 aliphatic heterocycles. The minimum atomic E-state index is -0.229. The van der Waals surface area contributed by atoms with Gasteiger partial charge < -0.3 is 24.0 Å². The molecule has 1 aromatic heterocycles. The van der Waals surface area contributed by atoms with Crippen LogP contribution >= 0.6 is 11.3 Å². The molecule has 2 aromatic carbocycles. The minimum Gasteiger partial charge on any atom is -0.497 e. The van der Waals surface area contributed by atoms with Crippen molar-refractivity contribution in [2.45, 2.75) is 18.9 Å². The second-order valence-corrected chi connectivity index (χ2v) is 9.61. The van der Waals surface area contributed by atoms with E-state index in [2.05, 4.69) is 11.4 Å². The van der Waals surface area contributed by atoms with Crippen LogP contribution < -0.4 is 9.47 Å². The number of nitrogens with zero attached hydrogens (tertiary/aromatic N) is 2. The Bertz CT molecular complexity index is 1150. The third kappa shape index (κ3) is 6.44. The van der Waals surface area contributed by atoms with Gasteiger partial charge in [0, 0.05) is 31.1 Å². The Morgan fingerprint density at radius 1 is 1.06 bits per heavy atom. The second kappa shape index (κ2) is 12.6. The van der Waals surface area contributed by atoms with E-state index < -0.39 is 0 Å². The summed E-state index contributed by atoms with van der Waals surface area (Å²) >= 11 is 1.71. The Kier molecular flexibility index (Phi) is 8.97. The van der Waals surface area contributed by atoms with E-state index in [1.54, 1.807) is 30.5 Å². The first kappa shape index (κ1) is 25.7. The van der Waals surface area contributed by atoms with Crippen LogP contribution in [0.15, 0.2) is 66.0 Å². The third-order valence-electron chi connectivity index (χ3n) is 6.31. The lowest BCUT2D eigenvalue weighted by Gasteiger charge is -2.37. The molecule has 0 N–H and O–H groups in total. The van der Waals surface area contributed by atoms with Crippen molar-refractivity contribution in [1.29, 1.82) is 0 Å². The molecule has 0 saturated carbocycles. The molecule has 8 heteroatoms. The number of benzene rings is 2. The summed E-state index contributed by atoms with van der Waals surface area (Å²) < 4.78 is 16.6. The Labute approximate surface area is 216 Å². The molecular formula is C28H32N2O5S. The molecule has 4 rings (SSSR count). The van der Waals surface area contributed by atoms with Crippen LogP contribution in [-0.2, 0) is 27.2 Å². The Morgan fingerprint density at radius 3 is 2.64 bits per heavy atom. The molecule has 0 radical (unpaired) electrons. The minimum absolute atomic E-state index is 0.00412. The van der Waals surface area contributed by atoms with Gasteiger partial charge in [-0.25, -0.2) is 0 Å². The van der Waals surface area contributed by atoms with Crippen LogP contribution in [-0.4, -0.2) is 68.7 Å². The van der Waals surface area contributed by atoms with Crippen LogP contribution in [0, 0.1) is 0 Å². The maximum absolute atomic E-state index is 13.6. The first-order valence-electron chi connectivity index (χ1n) is 12.0. The third-order valence-corrected chi connectivity index (χ3v) is 7.30. The smallest absolute Gasteiger partial charge is 0.242 e. The van der Waals surface area contributed by atoms with Crippen molar-refractivity contribution >= 4 is 23.2 Å². The van der Waals surface area contributed by atoms with E-state index in [0.29, 0.717) is 37.8 Å². The number of amides is 2. The monoisotopic (exact) mass is 508 g/mol. The van der Waals surface area contributed by atoms with Gasteiger partial charge in [-0.1, -0.05) is 36.4 Å². The number of thiophene rings is 1. The van der Waals surface area contributed by atoms with Gasteiger partial charge in [0.2, 0.25) is 11.8 Å². The number of methoxy groups -OCH3 is 2. The van der Waals surface area contributed by atoms with E-state index in [0.717, 1.165) is 17.5 Å². The van der Waals surface area contributed by atoms with Gasteiger partial charge in [0.25, 0.3) is 0 Å². The molecule has 2 heterocycles. The van der Waals surface area contributed by atoms with Gasteiger partial charge in [0.05, 0.1) is 32.7 Å². The van der Waals surface area contributed by atoms with Gasteiger partial charge in [0.1, 0.15) is 18.1 Å². The van der Waals surface area contributed by atoms with Crippen molar-refractivity contribution in [2.75, 3.05) is 47.1 Å². The molecule has 0 spiro atoms. The number of fused-ring (bicyclic) bond motifs is 1. The van der Waals surface area contributed by atoms with Gasteiger partial charge in [-0.2, -0.15) is 0 Å². The van der Waals surface area contributed by atoms with Crippen molar-refractivity contribution in [1.82, 2.24) is 9.80 Å². The number of hydrogen-bond donors (Lipinski definition) is 0. The number of hydrogen-bond acceptors (Lipinski definition) is 6. The summed E-state index contributed by atoms with van der Waals surface area (Å²) in [5.41, 5.74) is 2.03. The number of carbonyl (C=O) groups excluding carboxylic acids is 2. The van der Waals surface area contributed by atoms with Crippen LogP contribution in [0.4, 0.5) is 0 Å². The van der Waals surface area contributed by atoms with Crippen LogP contribution in [0.25, 0.3) is 0 Å². The quantitative estimate of drug-likeness (QED) is 0.392. The summed E-state index contributed by atoms with van der Waals surface area (Å²) in [7, 11) is 3.21. The van der Waals surface area contributed by atoms with Crippen LogP contribution in [0.5, 0.6) is 11.5 Å².